The summed E-state index contributed by atoms with van der Waals surface area (Å²) in [6, 6.07) is 25.1. The van der Waals surface area contributed by atoms with Crippen molar-refractivity contribution in [2.75, 3.05) is 124 Å². The Balaban J connectivity index is 0.000000156. The third-order valence-electron chi connectivity index (χ3n) is 14.9. The number of hydrogen-bond donors (Lipinski definition) is 3. The van der Waals surface area contributed by atoms with Crippen LogP contribution >= 0.6 is 0 Å². The zero-order valence-electron chi connectivity index (χ0n) is 53.1. The maximum atomic E-state index is 14.4. The van der Waals surface area contributed by atoms with Crippen LogP contribution in [0, 0.1) is 44.0 Å². The van der Waals surface area contributed by atoms with Crippen molar-refractivity contribution in [1.29, 1.82) is 0 Å². The Morgan fingerprint density at radius 2 is 0.856 bits per heavy atom. The van der Waals surface area contributed by atoms with Gasteiger partial charge in [0.15, 0.2) is 17.3 Å². The summed E-state index contributed by atoms with van der Waals surface area (Å²) in [6.45, 7) is 28.7. The molecule has 2 amide bonds. The van der Waals surface area contributed by atoms with Gasteiger partial charge in [0.1, 0.15) is 40.3 Å². The molecule has 3 aromatic heterocycles. The van der Waals surface area contributed by atoms with Crippen LogP contribution in [0.15, 0.2) is 106 Å². The molecule has 0 atom stereocenters. The van der Waals surface area contributed by atoms with Crippen LogP contribution in [0.2, 0.25) is 0 Å². The minimum Gasteiger partial charge on any atom is -0.444 e. The minimum absolute atomic E-state index is 0.145. The Bertz CT molecular complexity index is 3460. The number of Topliss-reactive ketones (excluding diaryl/α,β-unsaturated/α-hetero) is 2. The zero-order valence-corrected chi connectivity index (χ0v) is 53.1. The number of ether oxygens (including phenoxy) is 2. The van der Waals surface area contributed by atoms with Crippen molar-refractivity contribution in [1.82, 2.24) is 35.7 Å². The average Bonchev–Trinajstić information content (AvgIpc) is 1.51. The largest absolute Gasteiger partial charge is 0.444 e. The molecule has 7 aromatic rings. The van der Waals surface area contributed by atoms with Gasteiger partial charge in [-0.1, -0.05) is 10.3 Å². The number of anilines is 4. The average molecular weight is 1250 g/mol. The fraction of sp³-hybridized carbons (Fsp3) is 0.433. The highest BCUT2D eigenvalue weighted by Gasteiger charge is 2.30. The highest BCUT2D eigenvalue weighted by Crippen LogP contribution is 2.32. The lowest BCUT2D eigenvalue weighted by Gasteiger charge is -2.37. The number of aromatic nitrogens is 3. The molecule has 482 valence electrons. The third-order valence-corrected chi connectivity index (χ3v) is 14.9. The molecule has 7 heterocycles. The van der Waals surface area contributed by atoms with E-state index in [0.29, 0.717) is 92.2 Å². The summed E-state index contributed by atoms with van der Waals surface area (Å²) in [4.78, 5) is 61.8. The van der Waals surface area contributed by atoms with Gasteiger partial charge in [-0.05, 0) is 154 Å². The molecule has 0 saturated carbocycles. The van der Waals surface area contributed by atoms with Crippen molar-refractivity contribution < 1.29 is 55.3 Å². The molecule has 3 N–H and O–H groups in total. The number of rotatable bonds is 10. The molecule has 4 aliphatic heterocycles. The summed E-state index contributed by atoms with van der Waals surface area (Å²) in [7, 11) is 0. The highest BCUT2D eigenvalue weighted by atomic mass is 19.1. The van der Waals surface area contributed by atoms with Crippen molar-refractivity contribution in [2.45, 2.75) is 86.9 Å². The molecule has 4 saturated heterocycles. The number of nitrogens with zero attached hydrogens (tertiary/aromatic N) is 8. The number of aryl methyl sites for hydroxylation is 3. The number of carbonyl (C=O) groups excluding carboxylic acids is 4. The number of piperazine rings is 4. The van der Waals surface area contributed by atoms with Gasteiger partial charge >= 0.3 is 12.2 Å². The number of benzene rings is 4. The number of H-pyrrole nitrogens is 1. The summed E-state index contributed by atoms with van der Waals surface area (Å²) in [6.07, 6.45) is 1.05. The number of carbonyl (C=O) groups is 4. The molecule has 90 heavy (non-hydrogen) atoms. The molecule has 0 aliphatic carbocycles. The Morgan fingerprint density at radius 3 is 1.21 bits per heavy atom. The van der Waals surface area contributed by atoms with Gasteiger partial charge < -0.3 is 63.5 Å². The number of halogens is 4. The first-order valence-corrected chi connectivity index (χ1v) is 30.4. The topological polar surface area (TPSA) is 198 Å². The second-order valence-electron chi connectivity index (χ2n) is 24.6. The standard InChI is InChI=1S/C19H24FN3O3.C19H25FN2O4.C15H18FN3.C14H16FN3O/c1-13-11-17(26-21-13)14-5-6-15(20)16(12-14)22-7-9-23(10-8-22)18(24)25-19(2,3)4;1-13(23)11-17(24)14-5-6-15(20)16(12-14)21-7-9-22(10-8-21)18(25)26-19(2,3)4;1-11-8-14(18-10-11)12-2-3-13(16)15(9-12)19-6-4-17-5-7-19;1-10-8-14(19-17-10)11-2-3-12(15)13(9-11)18-6-4-16-5-7-18/h5-6,11-12H,7-10H2,1-4H3;5-6,12H,7-11H2,1-4H3;2-3,8-10,17-18H,4-7H2,1H3;2-3,8-9,16H,4-7H2,1H3. The predicted octanol–water partition coefficient (Wildman–Crippen LogP) is 11.6. The molecule has 11 rings (SSSR count). The number of hydrogen-bond acceptors (Lipinski definition) is 16. The van der Waals surface area contributed by atoms with Crippen molar-refractivity contribution in [3.05, 3.63) is 143 Å². The first kappa shape index (κ1) is 67.2. The fourth-order valence-corrected chi connectivity index (χ4v) is 10.4. The monoisotopic (exact) mass is 1250 g/mol. The summed E-state index contributed by atoms with van der Waals surface area (Å²) in [5.74, 6) is -0.343. The molecule has 4 fully saturated rings. The van der Waals surface area contributed by atoms with Crippen molar-refractivity contribution in [2.24, 2.45) is 0 Å². The third kappa shape index (κ3) is 18.9. The van der Waals surface area contributed by atoms with Gasteiger partial charge in [-0.3, -0.25) is 9.59 Å². The normalized spacial score (nSPS) is 15.4. The van der Waals surface area contributed by atoms with Gasteiger partial charge in [0.25, 0.3) is 0 Å². The van der Waals surface area contributed by atoms with Gasteiger partial charge in [0.05, 0.1) is 40.6 Å². The lowest BCUT2D eigenvalue weighted by molar-refractivity contribution is -0.116. The van der Waals surface area contributed by atoms with Crippen molar-refractivity contribution in [3.8, 4) is 33.9 Å². The van der Waals surface area contributed by atoms with Gasteiger partial charge in [-0.25, -0.2) is 27.2 Å². The Labute approximate surface area is 523 Å². The lowest BCUT2D eigenvalue weighted by Crippen LogP contribution is -2.50. The van der Waals surface area contributed by atoms with E-state index in [0.717, 1.165) is 86.1 Å². The van der Waals surface area contributed by atoms with Gasteiger partial charge in [-0.2, -0.15) is 0 Å². The minimum atomic E-state index is -0.564. The van der Waals surface area contributed by atoms with Crippen LogP contribution in [0.25, 0.3) is 33.9 Å². The molecular formula is C67H83F4N11O8. The number of nitrogens with one attached hydrogen (secondary N) is 3. The summed E-state index contributed by atoms with van der Waals surface area (Å²) < 4.78 is 77.8. The molecular weight excluding hydrogens is 1160 g/mol. The SMILES string of the molecule is CC(=O)CC(=O)c1ccc(F)c(N2CCN(C(=O)OC(C)(C)C)CC2)c1.Cc1c[nH]c(-c2ccc(F)c(N3CCNCC3)c2)c1.Cc1cc(-c2ccc(F)c(N3CCN(C(=O)OC(C)(C)C)CC3)c2)on1.Cc1cc(-c2ccc(F)c(N3CCNCC3)c2)on1. The molecule has 0 spiro atoms. The Kier molecular flexibility index (Phi) is 22.6. The van der Waals surface area contributed by atoms with Gasteiger partial charge in [0.2, 0.25) is 0 Å². The van der Waals surface area contributed by atoms with E-state index in [-0.39, 0.29) is 47.6 Å². The maximum absolute atomic E-state index is 14.4. The van der Waals surface area contributed by atoms with E-state index >= 15 is 0 Å². The van der Waals surface area contributed by atoms with E-state index in [1.54, 1.807) is 59.7 Å². The molecule has 4 aromatic carbocycles. The second-order valence-corrected chi connectivity index (χ2v) is 24.6. The molecule has 0 bridgehead atoms. The van der Waals surface area contributed by atoms with Gasteiger partial charge in [0, 0.05) is 151 Å². The van der Waals surface area contributed by atoms with Gasteiger partial charge in [-0.15, -0.1) is 0 Å². The van der Waals surface area contributed by atoms with Crippen LogP contribution < -0.4 is 30.2 Å². The molecule has 23 heteroatoms. The summed E-state index contributed by atoms with van der Waals surface area (Å²) in [5.41, 5.74) is 7.84. The first-order chi connectivity index (χ1) is 42.8. The summed E-state index contributed by atoms with van der Waals surface area (Å²) in [5, 5.41) is 14.3. The van der Waals surface area contributed by atoms with E-state index in [2.05, 4.69) is 41.8 Å². The Hall–Kier alpha value is -8.70. The van der Waals surface area contributed by atoms with Crippen molar-refractivity contribution in [3.63, 3.8) is 0 Å². The van der Waals surface area contributed by atoms with Crippen LogP contribution in [0.4, 0.5) is 49.9 Å². The van der Waals surface area contributed by atoms with E-state index in [1.807, 2.05) is 83.0 Å². The van der Waals surface area contributed by atoms with Crippen LogP contribution in [-0.4, -0.2) is 165 Å². The zero-order chi connectivity index (χ0) is 64.9. The first-order valence-electron chi connectivity index (χ1n) is 30.4. The van der Waals surface area contributed by atoms with E-state index in [4.69, 9.17) is 18.5 Å². The van der Waals surface area contributed by atoms with Crippen LogP contribution in [0.3, 0.4) is 0 Å². The number of ketones is 2. The van der Waals surface area contributed by atoms with E-state index < -0.39 is 17.0 Å². The maximum Gasteiger partial charge on any atom is 0.410 e. The quantitative estimate of drug-likeness (QED) is 0.0663. The fourth-order valence-electron chi connectivity index (χ4n) is 10.4. The second kappa shape index (κ2) is 30.2. The predicted molar refractivity (Wildman–Crippen MR) is 340 cm³/mol. The Morgan fingerprint density at radius 1 is 0.489 bits per heavy atom. The highest BCUT2D eigenvalue weighted by molar-refractivity contribution is 6.07. The smallest absolute Gasteiger partial charge is 0.410 e. The van der Waals surface area contributed by atoms with Crippen LogP contribution in [0.5, 0.6) is 0 Å². The van der Waals surface area contributed by atoms with Crippen LogP contribution in [-0.2, 0) is 14.3 Å². The summed E-state index contributed by atoms with van der Waals surface area (Å²) >= 11 is 0. The van der Waals surface area contributed by atoms with Crippen LogP contribution in [0.1, 0.15) is 82.2 Å². The number of amides is 2. The molecule has 0 radical (unpaired) electrons. The van der Waals surface area contributed by atoms with E-state index in [9.17, 15) is 36.7 Å². The lowest BCUT2D eigenvalue weighted by atomic mass is 10.0. The van der Waals surface area contributed by atoms with E-state index in [1.165, 1.54) is 42.8 Å². The molecule has 19 nitrogen and oxygen atoms in total. The van der Waals surface area contributed by atoms with Crippen molar-refractivity contribution >= 4 is 46.5 Å². The molecule has 4 aliphatic rings. The molecule has 0 unspecified atom stereocenters. The number of aromatic amines is 1.